The third kappa shape index (κ3) is 4.79. The van der Waals surface area contributed by atoms with Gasteiger partial charge in [0.05, 0.1) is 22.2 Å². The molecule has 0 saturated carbocycles. The first kappa shape index (κ1) is 23.8. The molecular weight excluding hydrogens is 464 g/mol. The highest BCUT2D eigenvalue weighted by Crippen LogP contribution is 2.33. The van der Waals surface area contributed by atoms with Crippen molar-refractivity contribution in [1.29, 1.82) is 0 Å². The number of aromatic nitrogens is 4. The van der Waals surface area contributed by atoms with Crippen molar-refractivity contribution in [3.05, 3.63) is 41.0 Å². The fourth-order valence-corrected chi connectivity index (χ4v) is 5.42. The summed E-state index contributed by atoms with van der Waals surface area (Å²) in [7, 11) is 2.25. The van der Waals surface area contributed by atoms with Crippen molar-refractivity contribution in [1.82, 2.24) is 30.0 Å². The fourth-order valence-electron chi connectivity index (χ4n) is 5.20. The third-order valence-corrected chi connectivity index (χ3v) is 7.51. The first-order valence-corrected chi connectivity index (χ1v) is 12.8. The van der Waals surface area contributed by atoms with Crippen molar-refractivity contribution in [2.24, 2.45) is 0 Å². The summed E-state index contributed by atoms with van der Waals surface area (Å²) >= 11 is 6.14. The highest BCUT2D eigenvalue weighted by molar-refractivity contribution is 6.33. The van der Waals surface area contributed by atoms with Crippen LogP contribution in [0.25, 0.3) is 11.0 Å². The molecule has 1 aromatic carbocycles. The van der Waals surface area contributed by atoms with E-state index in [4.69, 9.17) is 21.6 Å². The van der Waals surface area contributed by atoms with Gasteiger partial charge in [0.15, 0.2) is 5.65 Å². The van der Waals surface area contributed by atoms with Crippen LogP contribution < -0.4 is 15.5 Å². The second kappa shape index (κ2) is 9.99. The van der Waals surface area contributed by atoms with E-state index in [0.29, 0.717) is 41.7 Å². The maximum Gasteiger partial charge on any atom is 0.252 e. The number of anilines is 2. The lowest BCUT2D eigenvalue weighted by molar-refractivity contribution is 0.0955. The molecule has 3 aromatic rings. The molecule has 10 heteroatoms. The number of nitrogens with one attached hydrogen (secondary N) is 2. The Morgan fingerprint density at radius 1 is 1.14 bits per heavy atom. The summed E-state index contributed by atoms with van der Waals surface area (Å²) < 4.78 is 1.95. The normalized spacial score (nSPS) is 20.4. The summed E-state index contributed by atoms with van der Waals surface area (Å²) in [5, 5.41) is 12.3. The van der Waals surface area contributed by atoms with Crippen molar-refractivity contribution >= 4 is 40.3 Å². The average Bonchev–Trinajstić information content (AvgIpc) is 3.36. The van der Waals surface area contributed by atoms with Crippen LogP contribution in [0.2, 0.25) is 5.02 Å². The standard InChI is InChI=1S/C25H33ClN8O/c1-16(2)34-23-20(14-29-34)22(33-13-10-17-8-9-18(15-33)32(17)3)30-25(31-23)28-12-11-27-24(35)19-6-4-5-7-21(19)26/h4-7,14,16-18H,8-13,15H2,1-3H3,(H,27,35)(H,28,30,31). The Morgan fingerprint density at radius 2 is 1.94 bits per heavy atom. The van der Waals surface area contributed by atoms with Gasteiger partial charge in [0.2, 0.25) is 5.95 Å². The molecule has 5 rings (SSSR count). The van der Waals surface area contributed by atoms with E-state index in [-0.39, 0.29) is 11.9 Å². The van der Waals surface area contributed by atoms with E-state index in [1.807, 2.05) is 10.9 Å². The number of carbonyl (C=O) groups excluding carboxylic acids is 1. The zero-order valence-corrected chi connectivity index (χ0v) is 21.3. The summed E-state index contributed by atoms with van der Waals surface area (Å²) in [6.45, 7) is 7.04. The largest absolute Gasteiger partial charge is 0.354 e. The zero-order valence-electron chi connectivity index (χ0n) is 20.5. The molecule has 0 radical (unpaired) electrons. The minimum absolute atomic E-state index is 0.185. The zero-order chi connectivity index (χ0) is 24.5. The predicted molar refractivity (Wildman–Crippen MR) is 139 cm³/mol. The number of carbonyl (C=O) groups is 1. The molecule has 2 atom stereocenters. The minimum atomic E-state index is -0.198. The lowest BCUT2D eigenvalue weighted by Crippen LogP contribution is -2.37. The topological polar surface area (TPSA) is 91.2 Å². The van der Waals surface area contributed by atoms with E-state index < -0.39 is 0 Å². The van der Waals surface area contributed by atoms with E-state index in [1.165, 1.54) is 12.8 Å². The molecule has 0 spiro atoms. The van der Waals surface area contributed by atoms with Gasteiger partial charge in [0, 0.05) is 44.3 Å². The summed E-state index contributed by atoms with van der Waals surface area (Å²) in [6, 6.07) is 8.42. The number of benzene rings is 1. The van der Waals surface area contributed by atoms with Gasteiger partial charge in [-0.2, -0.15) is 15.1 Å². The molecule has 2 saturated heterocycles. The fraction of sp³-hybridized carbons (Fsp3) is 0.520. The number of rotatable bonds is 7. The Morgan fingerprint density at radius 3 is 2.74 bits per heavy atom. The van der Waals surface area contributed by atoms with E-state index in [2.05, 4.69) is 46.4 Å². The van der Waals surface area contributed by atoms with E-state index >= 15 is 0 Å². The Labute approximate surface area is 210 Å². The molecule has 2 aliphatic rings. The summed E-state index contributed by atoms with van der Waals surface area (Å²) in [5.74, 6) is 1.28. The van der Waals surface area contributed by atoms with Crippen LogP contribution in [0, 0.1) is 0 Å². The Bertz CT molecular complexity index is 1210. The van der Waals surface area contributed by atoms with Crippen LogP contribution in [-0.4, -0.2) is 75.9 Å². The molecular formula is C25H33ClN8O. The van der Waals surface area contributed by atoms with Gasteiger partial charge < -0.3 is 15.5 Å². The number of fused-ring (bicyclic) bond motifs is 3. The van der Waals surface area contributed by atoms with Crippen LogP contribution in [0.1, 0.15) is 49.5 Å². The molecule has 2 N–H and O–H groups in total. The number of nitrogens with zero attached hydrogens (tertiary/aromatic N) is 6. The van der Waals surface area contributed by atoms with Gasteiger partial charge in [0.1, 0.15) is 5.82 Å². The minimum Gasteiger partial charge on any atom is -0.354 e. The van der Waals surface area contributed by atoms with Crippen molar-refractivity contribution in [3.8, 4) is 0 Å². The van der Waals surface area contributed by atoms with Crippen LogP contribution in [0.3, 0.4) is 0 Å². The van der Waals surface area contributed by atoms with Crippen LogP contribution >= 0.6 is 11.6 Å². The summed E-state index contributed by atoms with van der Waals surface area (Å²) in [6.07, 6.45) is 5.54. The molecule has 2 unspecified atom stereocenters. The van der Waals surface area contributed by atoms with Crippen molar-refractivity contribution < 1.29 is 4.79 Å². The van der Waals surface area contributed by atoms with E-state index in [0.717, 1.165) is 36.4 Å². The molecule has 4 heterocycles. The van der Waals surface area contributed by atoms with Crippen LogP contribution in [0.5, 0.6) is 0 Å². The van der Waals surface area contributed by atoms with Crippen molar-refractivity contribution in [2.75, 3.05) is 43.4 Å². The quantitative estimate of drug-likeness (QED) is 0.483. The Balaban J connectivity index is 1.34. The van der Waals surface area contributed by atoms with Crippen LogP contribution in [0.4, 0.5) is 11.8 Å². The Kier molecular flexibility index (Phi) is 6.80. The number of amides is 1. The molecule has 2 bridgehead atoms. The smallest absolute Gasteiger partial charge is 0.252 e. The van der Waals surface area contributed by atoms with Crippen molar-refractivity contribution in [3.63, 3.8) is 0 Å². The Hall–Kier alpha value is -2.91. The lowest BCUT2D eigenvalue weighted by atomic mass is 10.1. The SMILES string of the molecule is CC(C)n1ncc2c(N3CCC4CCC(C3)N4C)nc(NCCNC(=O)c3ccccc3Cl)nc21. The van der Waals surface area contributed by atoms with Crippen LogP contribution in [0.15, 0.2) is 30.5 Å². The number of hydrogen-bond acceptors (Lipinski definition) is 7. The van der Waals surface area contributed by atoms with Gasteiger partial charge in [-0.1, -0.05) is 23.7 Å². The summed E-state index contributed by atoms with van der Waals surface area (Å²) in [4.78, 5) is 27.1. The molecule has 9 nitrogen and oxygen atoms in total. The van der Waals surface area contributed by atoms with Gasteiger partial charge in [-0.3, -0.25) is 9.69 Å². The van der Waals surface area contributed by atoms with Crippen LogP contribution in [-0.2, 0) is 0 Å². The second-order valence-corrected chi connectivity index (χ2v) is 10.1. The van der Waals surface area contributed by atoms with Gasteiger partial charge in [-0.25, -0.2) is 4.68 Å². The molecule has 1 amide bonds. The molecule has 35 heavy (non-hydrogen) atoms. The maximum atomic E-state index is 12.4. The highest BCUT2D eigenvalue weighted by atomic mass is 35.5. The molecule has 0 aliphatic carbocycles. The number of hydrogen-bond donors (Lipinski definition) is 2. The monoisotopic (exact) mass is 496 g/mol. The first-order chi connectivity index (χ1) is 16.9. The first-order valence-electron chi connectivity index (χ1n) is 12.4. The number of halogens is 1. The van der Waals surface area contributed by atoms with E-state index in [1.54, 1.807) is 24.3 Å². The van der Waals surface area contributed by atoms with Crippen molar-refractivity contribution in [2.45, 2.75) is 51.2 Å². The molecule has 2 aromatic heterocycles. The molecule has 186 valence electrons. The van der Waals surface area contributed by atoms with Gasteiger partial charge in [-0.05, 0) is 52.3 Å². The van der Waals surface area contributed by atoms with E-state index in [9.17, 15) is 4.79 Å². The summed E-state index contributed by atoms with van der Waals surface area (Å²) in [5.41, 5.74) is 1.30. The third-order valence-electron chi connectivity index (χ3n) is 7.18. The maximum absolute atomic E-state index is 12.4. The predicted octanol–water partition coefficient (Wildman–Crippen LogP) is 3.58. The van der Waals surface area contributed by atoms with Gasteiger partial charge >= 0.3 is 0 Å². The van der Waals surface area contributed by atoms with Gasteiger partial charge in [0.25, 0.3) is 5.91 Å². The number of likely N-dealkylation sites (N-methyl/N-ethyl adjacent to an activating group) is 1. The lowest BCUT2D eigenvalue weighted by Gasteiger charge is -2.27. The second-order valence-electron chi connectivity index (χ2n) is 9.74. The highest BCUT2D eigenvalue weighted by Gasteiger charge is 2.35. The average molecular weight is 497 g/mol. The molecule has 2 aliphatic heterocycles. The molecule has 2 fully saturated rings. The van der Waals surface area contributed by atoms with Gasteiger partial charge in [-0.15, -0.1) is 0 Å².